The van der Waals surface area contributed by atoms with E-state index < -0.39 is 0 Å². The van der Waals surface area contributed by atoms with Crippen LogP contribution in [0.2, 0.25) is 0 Å². The van der Waals surface area contributed by atoms with Gasteiger partial charge in [-0.3, -0.25) is 4.79 Å². The van der Waals surface area contributed by atoms with Gasteiger partial charge in [-0.2, -0.15) is 0 Å². The Labute approximate surface area is 107 Å². The molecule has 0 aliphatic rings. The van der Waals surface area contributed by atoms with E-state index in [-0.39, 0.29) is 31.5 Å². The van der Waals surface area contributed by atoms with Gasteiger partial charge >= 0.3 is 0 Å². The number of rotatable bonds is 7. The Bertz CT molecular complexity index is 382. The van der Waals surface area contributed by atoms with Gasteiger partial charge in [-0.1, -0.05) is 19.1 Å². The summed E-state index contributed by atoms with van der Waals surface area (Å²) in [5.41, 5.74) is 6.26. The second-order valence-corrected chi connectivity index (χ2v) is 4.23. The van der Waals surface area contributed by atoms with Crippen LogP contribution in [0.1, 0.15) is 13.3 Å². The van der Waals surface area contributed by atoms with E-state index in [9.17, 15) is 4.79 Å². The predicted octanol–water partition coefficient (Wildman–Crippen LogP) is 0.782. The van der Waals surface area contributed by atoms with Crippen LogP contribution >= 0.6 is 0 Å². The monoisotopic (exact) mass is 252 g/mol. The SMILES string of the molecule is CC(CO)CNC(=O)CCOc1ccccc1N. The van der Waals surface area contributed by atoms with Crippen molar-refractivity contribution in [1.29, 1.82) is 0 Å². The number of aliphatic hydroxyl groups excluding tert-OH is 1. The molecule has 1 aromatic carbocycles. The molecule has 0 aliphatic carbocycles. The molecule has 0 spiro atoms. The van der Waals surface area contributed by atoms with Crippen molar-refractivity contribution in [3.63, 3.8) is 0 Å². The molecule has 1 rings (SSSR count). The van der Waals surface area contributed by atoms with E-state index in [2.05, 4.69) is 5.32 Å². The first-order chi connectivity index (χ1) is 8.63. The third kappa shape index (κ3) is 5.05. The lowest BCUT2D eigenvalue weighted by Crippen LogP contribution is -2.30. The van der Waals surface area contributed by atoms with E-state index in [1.807, 2.05) is 19.1 Å². The van der Waals surface area contributed by atoms with Crippen molar-refractivity contribution in [2.24, 2.45) is 5.92 Å². The van der Waals surface area contributed by atoms with Crippen molar-refractivity contribution >= 4 is 11.6 Å². The van der Waals surface area contributed by atoms with E-state index in [0.717, 1.165) is 0 Å². The number of nitrogens with two attached hydrogens (primary N) is 1. The smallest absolute Gasteiger partial charge is 0.223 e. The maximum atomic E-state index is 11.4. The van der Waals surface area contributed by atoms with Crippen LogP contribution in [0.5, 0.6) is 5.75 Å². The van der Waals surface area contributed by atoms with E-state index in [0.29, 0.717) is 18.0 Å². The maximum Gasteiger partial charge on any atom is 0.223 e. The van der Waals surface area contributed by atoms with Gasteiger partial charge in [0, 0.05) is 13.2 Å². The normalized spacial score (nSPS) is 11.9. The van der Waals surface area contributed by atoms with Gasteiger partial charge in [0.05, 0.1) is 18.7 Å². The quantitative estimate of drug-likeness (QED) is 0.626. The summed E-state index contributed by atoms with van der Waals surface area (Å²) in [6, 6.07) is 7.17. The second kappa shape index (κ2) is 7.55. The minimum atomic E-state index is -0.0928. The van der Waals surface area contributed by atoms with Crippen LogP contribution in [0.3, 0.4) is 0 Å². The summed E-state index contributed by atoms with van der Waals surface area (Å²) >= 11 is 0. The Balaban J connectivity index is 2.22. The van der Waals surface area contributed by atoms with Crippen molar-refractivity contribution in [3.05, 3.63) is 24.3 Å². The first-order valence-electron chi connectivity index (χ1n) is 5.98. The Morgan fingerprint density at radius 3 is 2.89 bits per heavy atom. The fourth-order valence-electron chi connectivity index (χ4n) is 1.31. The Hall–Kier alpha value is -1.75. The fraction of sp³-hybridized carbons (Fsp3) is 0.462. The van der Waals surface area contributed by atoms with Crippen molar-refractivity contribution < 1.29 is 14.6 Å². The summed E-state index contributed by atoms with van der Waals surface area (Å²) in [5.74, 6) is 0.568. The second-order valence-electron chi connectivity index (χ2n) is 4.23. The van der Waals surface area contributed by atoms with Crippen LogP contribution in [-0.2, 0) is 4.79 Å². The number of nitrogen functional groups attached to an aromatic ring is 1. The average molecular weight is 252 g/mol. The number of carbonyl (C=O) groups excluding carboxylic acids is 1. The Morgan fingerprint density at radius 2 is 2.22 bits per heavy atom. The molecule has 18 heavy (non-hydrogen) atoms. The fourth-order valence-corrected chi connectivity index (χ4v) is 1.31. The van der Waals surface area contributed by atoms with Gasteiger partial charge in [-0.25, -0.2) is 0 Å². The van der Waals surface area contributed by atoms with E-state index >= 15 is 0 Å². The molecule has 0 saturated heterocycles. The molecule has 1 amide bonds. The Morgan fingerprint density at radius 1 is 1.50 bits per heavy atom. The molecule has 0 aliphatic heterocycles. The van der Waals surface area contributed by atoms with Crippen LogP contribution in [0.25, 0.3) is 0 Å². The number of hydrogen-bond acceptors (Lipinski definition) is 4. The van der Waals surface area contributed by atoms with Gasteiger partial charge in [0.2, 0.25) is 5.91 Å². The van der Waals surface area contributed by atoms with Gasteiger partial charge in [-0.05, 0) is 18.1 Å². The molecule has 1 unspecified atom stereocenters. The molecule has 0 bridgehead atoms. The summed E-state index contributed by atoms with van der Waals surface area (Å²) in [7, 11) is 0. The van der Waals surface area contributed by atoms with Crippen LogP contribution < -0.4 is 15.8 Å². The third-order valence-electron chi connectivity index (χ3n) is 2.47. The summed E-state index contributed by atoms with van der Waals surface area (Å²) < 4.78 is 5.41. The van der Waals surface area contributed by atoms with Crippen LogP contribution in [0.4, 0.5) is 5.69 Å². The summed E-state index contributed by atoms with van der Waals surface area (Å²) in [6.45, 7) is 2.69. The first kappa shape index (κ1) is 14.3. The molecular formula is C13H20N2O3. The minimum absolute atomic E-state index is 0.0668. The summed E-state index contributed by atoms with van der Waals surface area (Å²) in [6.07, 6.45) is 0.270. The number of benzene rings is 1. The molecule has 100 valence electrons. The van der Waals surface area contributed by atoms with Crippen LogP contribution in [-0.4, -0.2) is 30.8 Å². The molecular weight excluding hydrogens is 232 g/mol. The molecule has 0 radical (unpaired) electrons. The topological polar surface area (TPSA) is 84.6 Å². The zero-order chi connectivity index (χ0) is 13.4. The summed E-state index contributed by atoms with van der Waals surface area (Å²) in [4.78, 5) is 11.4. The van der Waals surface area contributed by atoms with Crippen molar-refractivity contribution in [2.75, 3.05) is 25.5 Å². The standard InChI is InChI=1S/C13H20N2O3/c1-10(9-16)8-15-13(17)6-7-18-12-5-3-2-4-11(12)14/h2-5,10,16H,6-9,14H2,1H3,(H,15,17). The highest BCUT2D eigenvalue weighted by atomic mass is 16.5. The number of anilines is 1. The highest BCUT2D eigenvalue weighted by Crippen LogP contribution is 2.19. The molecule has 5 nitrogen and oxygen atoms in total. The lowest BCUT2D eigenvalue weighted by atomic mass is 10.2. The van der Waals surface area contributed by atoms with Gasteiger partial charge in [-0.15, -0.1) is 0 Å². The molecule has 1 aromatic rings. The van der Waals surface area contributed by atoms with E-state index in [1.165, 1.54) is 0 Å². The lowest BCUT2D eigenvalue weighted by Gasteiger charge is -2.11. The first-order valence-corrected chi connectivity index (χ1v) is 5.98. The molecule has 0 heterocycles. The molecule has 0 aromatic heterocycles. The summed E-state index contributed by atoms with van der Waals surface area (Å²) in [5, 5.41) is 11.5. The highest BCUT2D eigenvalue weighted by molar-refractivity contribution is 5.76. The van der Waals surface area contributed by atoms with Crippen molar-refractivity contribution in [3.8, 4) is 5.75 Å². The third-order valence-corrected chi connectivity index (χ3v) is 2.47. The van der Waals surface area contributed by atoms with E-state index in [4.69, 9.17) is 15.6 Å². The molecule has 5 heteroatoms. The van der Waals surface area contributed by atoms with Crippen LogP contribution in [0, 0.1) is 5.92 Å². The van der Waals surface area contributed by atoms with Gasteiger partial charge < -0.3 is 20.9 Å². The number of amides is 1. The molecule has 4 N–H and O–H groups in total. The average Bonchev–Trinajstić information content (AvgIpc) is 2.38. The lowest BCUT2D eigenvalue weighted by molar-refractivity contribution is -0.121. The van der Waals surface area contributed by atoms with Gasteiger partial charge in [0.15, 0.2) is 0 Å². The number of hydrogen-bond donors (Lipinski definition) is 3. The molecule has 0 saturated carbocycles. The number of ether oxygens (including phenoxy) is 1. The highest BCUT2D eigenvalue weighted by Gasteiger charge is 2.05. The van der Waals surface area contributed by atoms with Crippen molar-refractivity contribution in [1.82, 2.24) is 5.32 Å². The Kier molecular flexibility index (Phi) is 6.00. The predicted molar refractivity (Wildman–Crippen MR) is 70.2 cm³/mol. The molecule has 0 fully saturated rings. The number of carbonyl (C=O) groups is 1. The van der Waals surface area contributed by atoms with Gasteiger partial charge in [0.25, 0.3) is 0 Å². The maximum absolute atomic E-state index is 11.4. The number of nitrogens with one attached hydrogen (secondary N) is 1. The van der Waals surface area contributed by atoms with Gasteiger partial charge in [0.1, 0.15) is 5.75 Å². The van der Waals surface area contributed by atoms with E-state index in [1.54, 1.807) is 12.1 Å². The zero-order valence-electron chi connectivity index (χ0n) is 10.6. The number of para-hydroxylation sites is 2. The minimum Gasteiger partial charge on any atom is -0.491 e. The largest absolute Gasteiger partial charge is 0.491 e. The number of aliphatic hydroxyl groups is 1. The van der Waals surface area contributed by atoms with Crippen molar-refractivity contribution in [2.45, 2.75) is 13.3 Å². The van der Waals surface area contributed by atoms with Crippen LogP contribution in [0.15, 0.2) is 24.3 Å². The zero-order valence-corrected chi connectivity index (χ0v) is 10.6. The molecule has 1 atom stereocenters.